The number of likely N-dealkylation sites (N-methyl/N-ethyl adjacent to an activating group) is 1. The fourth-order valence-corrected chi connectivity index (χ4v) is 2.17. The summed E-state index contributed by atoms with van der Waals surface area (Å²) in [5.41, 5.74) is 0.846. The number of hydrogen-bond donors (Lipinski definition) is 1. The third-order valence-corrected chi connectivity index (χ3v) is 3.49. The Hall–Kier alpha value is -1.40. The Morgan fingerprint density at radius 1 is 1.45 bits per heavy atom. The molecule has 0 fully saturated rings. The standard InChI is InChI=1S/C14H26N4O2/c1-5-17(6-2)9-8-16-13(14(19)20-4)12-10-15-11-18(12)7-3/h10-11,13,16H,5-9H2,1-4H3. The average molecular weight is 282 g/mol. The molecule has 0 spiro atoms. The summed E-state index contributed by atoms with van der Waals surface area (Å²) in [5, 5.41) is 3.27. The van der Waals surface area contributed by atoms with Gasteiger partial charge in [-0.15, -0.1) is 0 Å². The highest BCUT2D eigenvalue weighted by molar-refractivity contribution is 5.76. The lowest BCUT2D eigenvalue weighted by molar-refractivity contribution is -0.143. The molecule has 6 nitrogen and oxygen atoms in total. The van der Waals surface area contributed by atoms with Crippen molar-refractivity contribution in [3.05, 3.63) is 18.2 Å². The van der Waals surface area contributed by atoms with Crippen LogP contribution in [0.25, 0.3) is 0 Å². The molecule has 1 heterocycles. The van der Waals surface area contributed by atoms with Crippen molar-refractivity contribution < 1.29 is 9.53 Å². The van der Waals surface area contributed by atoms with Crippen LogP contribution in [0.1, 0.15) is 32.5 Å². The van der Waals surface area contributed by atoms with E-state index < -0.39 is 6.04 Å². The molecule has 0 radical (unpaired) electrons. The van der Waals surface area contributed by atoms with E-state index in [2.05, 4.69) is 29.0 Å². The number of ether oxygens (including phenoxy) is 1. The van der Waals surface area contributed by atoms with Gasteiger partial charge >= 0.3 is 5.97 Å². The monoisotopic (exact) mass is 282 g/mol. The van der Waals surface area contributed by atoms with Crippen molar-refractivity contribution in [3.63, 3.8) is 0 Å². The van der Waals surface area contributed by atoms with Crippen molar-refractivity contribution in [2.45, 2.75) is 33.4 Å². The second kappa shape index (κ2) is 8.71. The number of esters is 1. The predicted molar refractivity (Wildman–Crippen MR) is 78.4 cm³/mol. The van der Waals surface area contributed by atoms with E-state index in [0.29, 0.717) is 0 Å². The van der Waals surface area contributed by atoms with E-state index in [1.54, 1.807) is 12.5 Å². The Kier molecular flexibility index (Phi) is 7.25. The van der Waals surface area contributed by atoms with Crippen LogP contribution in [0.3, 0.4) is 0 Å². The van der Waals surface area contributed by atoms with Crippen molar-refractivity contribution in [3.8, 4) is 0 Å². The van der Waals surface area contributed by atoms with Gasteiger partial charge in [0.05, 0.1) is 25.3 Å². The molecule has 1 aromatic heterocycles. The molecule has 1 atom stereocenters. The summed E-state index contributed by atoms with van der Waals surface area (Å²) in [6, 6.07) is -0.460. The van der Waals surface area contributed by atoms with Crippen molar-refractivity contribution >= 4 is 5.97 Å². The van der Waals surface area contributed by atoms with E-state index >= 15 is 0 Å². The maximum Gasteiger partial charge on any atom is 0.329 e. The lowest BCUT2D eigenvalue weighted by atomic mass is 10.2. The molecular weight excluding hydrogens is 256 g/mol. The molecule has 1 aromatic rings. The predicted octanol–water partition coefficient (Wildman–Crippen LogP) is 1.05. The van der Waals surface area contributed by atoms with E-state index in [1.165, 1.54) is 7.11 Å². The quantitative estimate of drug-likeness (QED) is 0.686. The van der Waals surface area contributed by atoms with Crippen LogP contribution in [0.15, 0.2) is 12.5 Å². The molecule has 0 aromatic carbocycles. The highest BCUT2D eigenvalue weighted by atomic mass is 16.5. The topological polar surface area (TPSA) is 59.4 Å². The third kappa shape index (κ3) is 4.31. The molecule has 0 amide bonds. The molecule has 0 aliphatic carbocycles. The highest BCUT2D eigenvalue weighted by Crippen LogP contribution is 2.14. The molecule has 0 aliphatic rings. The van der Waals surface area contributed by atoms with E-state index in [1.807, 2.05) is 11.5 Å². The molecule has 0 saturated heterocycles. The number of nitrogens with one attached hydrogen (secondary N) is 1. The molecule has 6 heteroatoms. The van der Waals surface area contributed by atoms with Crippen LogP contribution in [0.4, 0.5) is 0 Å². The minimum atomic E-state index is -0.460. The Labute approximate surface area is 121 Å². The largest absolute Gasteiger partial charge is 0.468 e. The van der Waals surface area contributed by atoms with Crippen LogP contribution in [-0.4, -0.2) is 53.7 Å². The molecule has 1 unspecified atom stereocenters. The van der Waals surface area contributed by atoms with Crippen molar-refractivity contribution in [2.24, 2.45) is 0 Å². The average Bonchev–Trinajstić information content (AvgIpc) is 2.95. The van der Waals surface area contributed by atoms with Crippen molar-refractivity contribution in [2.75, 3.05) is 33.3 Å². The number of aryl methyl sites for hydroxylation is 1. The van der Waals surface area contributed by atoms with Crippen molar-refractivity contribution in [1.82, 2.24) is 19.8 Å². The van der Waals surface area contributed by atoms with Gasteiger partial charge in [0.2, 0.25) is 0 Å². The number of nitrogens with zero attached hydrogens (tertiary/aromatic N) is 3. The first kappa shape index (κ1) is 16.7. The van der Waals surface area contributed by atoms with E-state index in [9.17, 15) is 4.79 Å². The third-order valence-electron chi connectivity index (χ3n) is 3.49. The number of aromatic nitrogens is 2. The first-order valence-electron chi connectivity index (χ1n) is 7.21. The van der Waals surface area contributed by atoms with Gasteiger partial charge in [-0.2, -0.15) is 0 Å². The van der Waals surface area contributed by atoms with Crippen LogP contribution in [0.2, 0.25) is 0 Å². The fourth-order valence-electron chi connectivity index (χ4n) is 2.17. The second-order valence-corrected chi connectivity index (χ2v) is 4.54. The summed E-state index contributed by atoms with van der Waals surface area (Å²) >= 11 is 0. The Balaban J connectivity index is 2.69. The van der Waals surface area contributed by atoms with Crippen LogP contribution < -0.4 is 5.32 Å². The van der Waals surface area contributed by atoms with Gasteiger partial charge in [-0.25, -0.2) is 9.78 Å². The van der Waals surface area contributed by atoms with Gasteiger partial charge in [0.25, 0.3) is 0 Å². The van der Waals surface area contributed by atoms with Crippen LogP contribution >= 0.6 is 0 Å². The number of rotatable bonds is 9. The van der Waals surface area contributed by atoms with Gasteiger partial charge in [0.1, 0.15) is 6.04 Å². The van der Waals surface area contributed by atoms with Crippen LogP contribution in [0.5, 0.6) is 0 Å². The highest BCUT2D eigenvalue weighted by Gasteiger charge is 2.24. The first-order valence-corrected chi connectivity index (χ1v) is 7.21. The number of methoxy groups -OCH3 is 1. The van der Waals surface area contributed by atoms with Gasteiger partial charge in [-0.05, 0) is 20.0 Å². The zero-order chi connectivity index (χ0) is 15.0. The van der Waals surface area contributed by atoms with Gasteiger partial charge in [-0.3, -0.25) is 5.32 Å². The van der Waals surface area contributed by atoms with Crippen LogP contribution in [-0.2, 0) is 16.1 Å². The zero-order valence-corrected chi connectivity index (χ0v) is 12.9. The molecule has 1 N–H and O–H groups in total. The molecule has 0 aliphatic heterocycles. The number of imidazole rings is 1. The van der Waals surface area contributed by atoms with Gasteiger partial charge in [-0.1, -0.05) is 13.8 Å². The lowest BCUT2D eigenvalue weighted by Crippen LogP contribution is -2.37. The Morgan fingerprint density at radius 3 is 2.70 bits per heavy atom. The summed E-state index contributed by atoms with van der Waals surface area (Å²) in [6.07, 6.45) is 3.45. The second-order valence-electron chi connectivity index (χ2n) is 4.54. The van der Waals surface area contributed by atoms with E-state index in [0.717, 1.165) is 38.4 Å². The molecule has 0 saturated carbocycles. The minimum Gasteiger partial charge on any atom is -0.468 e. The normalized spacial score (nSPS) is 12.7. The number of hydrogen-bond acceptors (Lipinski definition) is 5. The van der Waals surface area contributed by atoms with E-state index in [-0.39, 0.29) is 5.97 Å². The van der Waals surface area contributed by atoms with Crippen LogP contribution in [0, 0.1) is 0 Å². The smallest absolute Gasteiger partial charge is 0.329 e. The summed E-state index contributed by atoms with van der Waals surface area (Å²) in [4.78, 5) is 18.4. The summed E-state index contributed by atoms with van der Waals surface area (Å²) < 4.78 is 6.84. The number of carbonyl (C=O) groups is 1. The first-order chi connectivity index (χ1) is 9.67. The van der Waals surface area contributed by atoms with Gasteiger partial charge < -0.3 is 14.2 Å². The number of carbonyl (C=O) groups excluding carboxylic acids is 1. The molecule has 1 rings (SSSR count). The Bertz CT molecular complexity index is 402. The maximum atomic E-state index is 12.0. The fraction of sp³-hybridized carbons (Fsp3) is 0.714. The minimum absolute atomic E-state index is 0.278. The van der Waals surface area contributed by atoms with Gasteiger partial charge in [0, 0.05) is 19.6 Å². The van der Waals surface area contributed by atoms with Gasteiger partial charge in [0.15, 0.2) is 0 Å². The Morgan fingerprint density at radius 2 is 2.15 bits per heavy atom. The summed E-state index contributed by atoms with van der Waals surface area (Å²) in [7, 11) is 1.41. The van der Waals surface area contributed by atoms with Crippen molar-refractivity contribution in [1.29, 1.82) is 0 Å². The lowest BCUT2D eigenvalue weighted by Gasteiger charge is -2.21. The molecular formula is C14H26N4O2. The summed E-state index contributed by atoms with van der Waals surface area (Å²) in [6.45, 7) is 10.7. The molecule has 20 heavy (non-hydrogen) atoms. The summed E-state index contributed by atoms with van der Waals surface area (Å²) in [5.74, 6) is -0.278. The molecule has 0 bridgehead atoms. The zero-order valence-electron chi connectivity index (χ0n) is 12.9. The SMILES string of the molecule is CCN(CC)CCNC(C(=O)OC)c1cncn1CC. The maximum absolute atomic E-state index is 12.0. The molecule has 114 valence electrons. The van der Waals surface area contributed by atoms with E-state index in [4.69, 9.17) is 4.74 Å².